The third-order valence-corrected chi connectivity index (χ3v) is 3.59. The minimum atomic E-state index is -0.241. The van der Waals surface area contributed by atoms with Gasteiger partial charge in [0.1, 0.15) is 0 Å². The lowest BCUT2D eigenvalue weighted by Gasteiger charge is -2.04. The zero-order valence-corrected chi connectivity index (χ0v) is 13.5. The molecule has 0 N–H and O–H groups in total. The van der Waals surface area contributed by atoms with Gasteiger partial charge in [0, 0.05) is 32.7 Å². The van der Waals surface area contributed by atoms with Gasteiger partial charge in [-0.2, -0.15) is 24.4 Å². The number of thioether (sulfide) groups is 1. The number of hydrogen-bond acceptors (Lipinski definition) is 6. The Morgan fingerprint density at radius 3 is 1.48 bits per heavy atom. The highest BCUT2D eigenvalue weighted by molar-refractivity contribution is 8.00. The first-order valence-corrected chi connectivity index (χ1v) is 7.84. The fourth-order valence-corrected chi connectivity index (χ4v) is 2.05. The average molecular weight is 367 g/mol. The topological polar surface area (TPSA) is 74.8 Å². The van der Waals surface area contributed by atoms with Gasteiger partial charge >= 0.3 is 0 Å². The van der Waals surface area contributed by atoms with E-state index in [-0.39, 0.29) is 51.2 Å². The summed E-state index contributed by atoms with van der Waals surface area (Å²) in [6, 6.07) is 0. The zero-order chi connectivity index (χ0) is 15.9. The normalized spacial score (nSPS) is 18.0. The maximum Gasteiger partial charge on any atom is 0.253 e. The molecule has 1 fully saturated rings. The van der Waals surface area contributed by atoms with Crippen molar-refractivity contribution in [3.8, 4) is 0 Å². The van der Waals surface area contributed by atoms with Crippen LogP contribution >= 0.6 is 24.4 Å². The maximum atomic E-state index is 11.0. The van der Waals surface area contributed by atoms with Crippen LogP contribution in [-0.4, -0.2) is 65.3 Å². The lowest BCUT2D eigenvalue weighted by molar-refractivity contribution is -0.137. The second kappa shape index (κ2) is 14.3. The molecule has 2 rings (SSSR count). The van der Waals surface area contributed by atoms with E-state index in [9.17, 15) is 19.2 Å². The van der Waals surface area contributed by atoms with Crippen LogP contribution in [-0.2, 0) is 19.2 Å². The average Bonchev–Trinajstić information content (AvgIpc) is 2.89. The Balaban J connectivity index is -0.000000128. The van der Waals surface area contributed by atoms with Crippen molar-refractivity contribution in [3.63, 3.8) is 0 Å². The van der Waals surface area contributed by atoms with Gasteiger partial charge in [-0.3, -0.25) is 29.0 Å². The van der Waals surface area contributed by atoms with Gasteiger partial charge in [0.2, 0.25) is 11.8 Å². The molecule has 0 aromatic heterocycles. The molecule has 2 aliphatic rings. The molecular weight excluding hydrogens is 336 g/mol. The van der Waals surface area contributed by atoms with Gasteiger partial charge in [-0.1, -0.05) is 22.3 Å². The predicted octanol–water partition coefficient (Wildman–Crippen LogP) is 2.10. The minimum absolute atomic E-state index is 0. The Morgan fingerprint density at radius 1 is 0.957 bits per heavy atom. The first-order chi connectivity index (χ1) is 9.38. The molecule has 1 saturated heterocycles. The van der Waals surface area contributed by atoms with Gasteiger partial charge < -0.3 is 0 Å². The van der Waals surface area contributed by atoms with Crippen LogP contribution < -0.4 is 0 Å². The second-order valence-corrected chi connectivity index (χ2v) is 4.83. The van der Waals surface area contributed by atoms with Gasteiger partial charge in [0.15, 0.2) is 0 Å². The first kappa shape index (κ1) is 29.7. The van der Waals surface area contributed by atoms with Crippen LogP contribution in [0.25, 0.3) is 0 Å². The van der Waals surface area contributed by atoms with E-state index in [0.29, 0.717) is 6.42 Å². The molecule has 4 amide bonds. The lowest BCUT2D eigenvalue weighted by atomic mass is 10.4. The second-order valence-electron chi connectivity index (χ2n) is 3.79. The number of likely N-dealkylation sites (tertiary alicyclic amines) is 1. The minimum Gasteiger partial charge on any atom is -0.285 e. The largest absolute Gasteiger partial charge is 0.285 e. The summed E-state index contributed by atoms with van der Waals surface area (Å²) in [4.78, 5) is 44.9. The summed E-state index contributed by atoms with van der Waals surface area (Å²) in [5, 5.41) is -0.127. The number of likely N-dealkylation sites (N-methyl/N-ethyl adjacent to an activating group) is 1. The molecule has 2 aliphatic heterocycles. The molecular formula is C15H30N2O4S2. The van der Waals surface area contributed by atoms with Crippen LogP contribution in [0.4, 0.5) is 0 Å². The lowest BCUT2D eigenvalue weighted by Crippen LogP contribution is -2.26. The van der Waals surface area contributed by atoms with E-state index >= 15 is 0 Å². The number of imide groups is 2. The van der Waals surface area contributed by atoms with Crippen molar-refractivity contribution in [2.24, 2.45) is 0 Å². The van der Waals surface area contributed by atoms with Crippen molar-refractivity contribution in [1.82, 2.24) is 9.80 Å². The summed E-state index contributed by atoms with van der Waals surface area (Å²) in [5.41, 5.74) is 0. The van der Waals surface area contributed by atoms with Crippen molar-refractivity contribution in [3.05, 3.63) is 12.2 Å². The van der Waals surface area contributed by atoms with Crippen molar-refractivity contribution in [2.45, 2.75) is 34.0 Å². The molecule has 8 heteroatoms. The van der Waals surface area contributed by atoms with Crippen molar-refractivity contribution in [1.29, 1.82) is 0 Å². The van der Waals surface area contributed by atoms with Crippen molar-refractivity contribution >= 4 is 48.0 Å². The van der Waals surface area contributed by atoms with Crippen molar-refractivity contribution < 1.29 is 19.2 Å². The van der Waals surface area contributed by atoms with Crippen LogP contribution in [0, 0.1) is 0 Å². The molecule has 0 radical (unpaired) electrons. The fourth-order valence-electron chi connectivity index (χ4n) is 1.38. The smallest absolute Gasteiger partial charge is 0.253 e. The molecule has 0 bridgehead atoms. The summed E-state index contributed by atoms with van der Waals surface area (Å²) >= 11 is 4.96. The highest BCUT2D eigenvalue weighted by Crippen LogP contribution is 2.21. The van der Waals surface area contributed by atoms with Crippen LogP contribution in [0.5, 0.6) is 0 Å². The third-order valence-electron chi connectivity index (χ3n) is 2.65. The van der Waals surface area contributed by atoms with E-state index in [1.807, 2.05) is 6.26 Å². The molecule has 6 nitrogen and oxygen atoms in total. The molecule has 23 heavy (non-hydrogen) atoms. The Morgan fingerprint density at radius 2 is 1.35 bits per heavy atom. The Labute approximate surface area is 150 Å². The van der Waals surface area contributed by atoms with E-state index in [2.05, 4.69) is 12.6 Å². The third kappa shape index (κ3) is 8.22. The van der Waals surface area contributed by atoms with Gasteiger partial charge in [0.05, 0.1) is 5.25 Å². The first-order valence-electron chi connectivity index (χ1n) is 5.66. The van der Waals surface area contributed by atoms with E-state index in [1.165, 1.54) is 42.9 Å². The van der Waals surface area contributed by atoms with E-state index in [4.69, 9.17) is 0 Å². The van der Waals surface area contributed by atoms with Gasteiger partial charge in [-0.15, -0.1) is 0 Å². The number of nitrogens with zero attached hydrogens (tertiary/aromatic N) is 2. The molecule has 0 aromatic carbocycles. The molecule has 1 atom stereocenters. The summed E-state index contributed by atoms with van der Waals surface area (Å²) < 4.78 is 0. The monoisotopic (exact) mass is 366 g/mol. The SMILES string of the molecule is C.C.C.CN1C(=O)C=CC1=O.CS.CSC1CC(=O)N(C)C1=O. The van der Waals surface area contributed by atoms with Gasteiger partial charge in [-0.25, -0.2) is 0 Å². The van der Waals surface area contributed by atoms with E-state index in [1.54, 1.807) is 6.26 Å². The fraction of sp³-hybridized carbons (Fsp3) is 0.600. The van der Waals surface area contributed by atoms with Gasteiger partial charge in [-0.05, 0) is 12.5 Å². The summed E-state index contributed by atoms with van der Waals surface area (Å²) in [7, 11) is 2.98. The molecule has 0 aliphatic carbocycles. The van der Waals surface area contributed by atoms with Crippen LogP contribution in [0.2, 0.25) is 0 Å². The summed E-state index contributed by atoms with van der Waals surface area (Å²) in [6.45, 7) is 0. The van der Waals surface area contributed by atoms with Crippen LogP contribution in [0.15, 0.2) is 12.2 Å². The molecule has 136 valence electrons. The summed E-state index contributed by atoms with van der Waals surface area (Å²) in [5.74, 6) is -0.605. The quantitative estimate of drug-likeness (QED) is 0.568. The molecule has 0 spiro atoms. The molecule has 1 unspecified atom stereocenters. The standard InChI is InChI=1S/C6H9NO2S.C5H5NO2.CH4S.3CH4/c1-7-5(8)3-4(10-2)6(7)9;1-6-4(7)2-3-5(6)8;1-2;;;/h4H,3H2,1-2H3;2-3H,1H3;2H,1H3;3*1H4. The molecule has 0 aromatic rings. The Bertz CT molecular complexity index is 421. The number of rotatable bonds is 1. The molecule has 2 heterocycles. The van der Waals surface area contributed by atoms with Crippen molar-refractivity contribution in [2.75, 3.05) is 26.6 Å². The van der Waals surface area contributed by atoms with Gasteiger partial charge in [0.25, 0.3) is 11.8 Å². The predicted molar refractivity (Wildman–Crippen MR) is 102 cm³/mol. The Kier molecular flexibility index (Phi) is 18.5. The van der Waals surface area contributed by atoms with Crippen LogP contribution in [0.1, 0.15) is 28.7 Å². The number of amides is 4. The number of carbonyl (C=O) groups is 4. The zero-order valence-electron chi connectivity index (χ0n) is 11.8. The maximum absolute atomic E-state index is 11.0. The summed E-state index contributed by atoms with van der Waals surface area (Å²) in [6.07, 6.45) is 6.41. The van der Waals surface area contributed by atoms with Crippen LogP contribution in [0.3, 0.4) is 0 Å². The van der Waals surface area contributed by atoms with E-state index in [0.717, 1.165) is 4.90 Å². The number of hydrogen-bond donors (Lipinski definition) is 1. The highest BCUT2D eigenvalue weighted by atomic mass is 32.2. The number of carbonyl (C=O) groups excluding carboxylic acids is 4. The van der Waals surface area contributed by atoms with E-state index < -0.39 is 0 Å². The Hall–Kier alpha value is -1.28. The molecule has 0 saturated carbocycles. The highest BCUT2D eigenvalue weighted by Gasteiger charge is 2.34. The number of thiol groups is 1.